The number of carbonyl (C=O) groups is 1. The second kappa shape index (κ2) is 7.67. The van der Waals surface area contributed by atoms with Crippen molar-refractivity contribution in [1.82, 2.24) is 0 Å². The third kappa shape index (κ3) is 3.98. The van der Waals surface area contributed by atoms with Crippen molar-refractivity contribution < 1.29 is 14.6 Å². The Bertz CT molecular complexity index is 459. The van der Waals surface area contributed by atoms with Crippen LogP contribution < -0.4 is 4.74 Å². The third-order valence-electron chi connectivity index (χ3n) is 3.92. The summed E-state index contributed by atoms with van der Waals surface area (Å²) in [5.74, 6) is 0.0530. The second-order valence-corrected chi connectivity index (χ2v) is 6.03. The largest absolute Gasteiger partial charge is 0.497 e. The first kappa shape index (κ1) is 17.0. The maximum atomic E-state index is 11.8. The Kier molecular flexibility index (Phi) is 6.53. The summed E-state index contributed by atoms with van der Waals surface area (Å²) in [6.45, 7) is 4.04. The van der Waals surface area contributed by atoms with Crippen LogP contribution in [0.2, 0.25) is 0 Å². The van der Waals surface area contributed by atoms with Crippen LogP contribution in [-0.2, 0) is 11.2 Å². The van der Waals surface area contributed by atoms with E-state index >= 15 is 0 Å². The summed E-state index contributed by atoms with van der Waals surface area (Å²) in [6.07, 6.45) is 3.80. The second-order valence-electron chi connectivity index (χ2n) is 5.18. The Morgan fingerprint density at radius 3 is 2.60 bits per heavy atom. The molecular formula is C16H23BrO3. The summed E-state index contributed by atoms with van der Waals surface area (Å²) in [7, 11) is 1.62. The molecule has 1 rings (SSSR count). The number of hydrogen-bond acceptors (Lipinski definition) is 2. The van der Waals surface area contributed by atoms with Gasteiger partial charge in [-0.3, -0.25) is 4.79 Å². The number of methoxy groups -OCH3 is 1. The highest BCUT2D eigenvalue weighted by Crippen LogP contribution is 2.36. The van der Waals surface area contributed by atoms with Gasteiger partial charge in [-0.25, -0.2) is 0 Å². The summed E-state index contributed by atoms with van der Waals surface area (Å²) >= 11 is 3.51. The number of benzene rings is 1. The van der Waals surface area contributed by atoms with E-state index in [1.807, 2.05) is 25.1 Å². The predicted octanol–water partition coefficient (Wildman–Crippen LogP) is 4.67. The predicted molar refractivity (Wildman–Crippen MR) is 84.3 cm³/mol. The maximum absolute atomic E-state index is 11.8. The van der Waals surface area contributed by atoms with Crippen molar-refractivity contribution in [3.05, 3.63) is 28.2 Å². The van der Waals surface area contributed by atoms with Crippen molar-refractivity contribution in [1.29, 1.82) is 0 Å². The van der Waals surface area contributed by atoms with Gasteiger partial charge in [0.05, 0.1) is 12.5 Å². The van der Waals surface area contributed by atoms with Crippen molar-refractivity contribution >= 4 is 21.9 Å². The summed E-state index contributed by atoms with van der Waals surface area (Å²) < 4.78 is 6.17. The summed E-state index contributed by atoms with van der Waals surface area (Å²) in [5, 5.41) is 9.68. The lowest BCUT2D eigenvalue weighted by Gasteiger charge is -2.29. The van der Waals surface area contributed by atoms with Gasteiger partial charge in [-0.05, 0) is 43.0 Å². The Hall–Kier alpha value is -1.03. The first-order valence-electron chi connectivity index (χ1n) is 7.05. The van der Waals surface area contributed by atoms with Crippen LogP contribution in [0.4, 0.5) is 0 Å². The zero-order chi connectivity index (χ0) is 15.2. The molecule has 0 saturated carbocycles. The molecule has 0 aliphatic rings. The lowest BCUT2D eigenvalue weighted by atomic mass is 9.75. The van der Waals surface area contributed by atoms with E-state index in [2.05, 4.69) is 22.9 Å². The lowest BCUT2D eigenvalue weighted by molar-refractivity contribution is -0.149. The quantitative estimate of drug-likeness (QED) is 0.746. The van der Waals surface area contributed by atoms with E-state index in [-0.39, 0.29) is 0 Å². The van der Waals surface area contributed by atoms with Gasteiger partial charge < -0.3 is 9.84 Å². The topological polar surface area (TPSA) is 46.5 Å². The number of aliphatic carboxylic acids is 1. The Morgan fingerprint density at radius 2 is 2.10 bits per heavy atom. The molecule has 4 heteroatoms. The average Bonchev–Trinajstić information content (AvgIpc) is 2.45. The number of ether oxygens (including phenoxy) is 1. The normalized spacial score (nSPS) is 13.8. The maximum Gasteiger partial charge on any atom is 0.309 e. The molecule has 0 aliphatic carbocycles. The minimum absolute atomic E-state index is 0.524. The highest BCUT2D eigenvalue weighted by Gasteiger charge is 2.36. The first-order valence-corrected chi connectivity index (χ1v) is 7.84. The van der Waals surface area contributed by atoms with E-state index in [0.29, 0.717) is 19.3 Å². The monoisotopic (exact) mass is 342 g/mol. The van der Waals surface area contributed by atoms with Crippen LogP contribution in [0.5, 0.6) is 5.75 Å². The van der Waals surface area contributed by atoms with Crippen LogP contribution in [0.25, 0.3) is 0 Å². The van der Waals surface area contributed by atoms with E-state index < -0.39 is 11.4 Å². The van der Waals surface area contributed by atoms with Crippen molar-refractivity contribution in [3.63, 3.8) is 0 Å². The first-order chi connectivity index (χ1) is 9.49. The Balaban J connectivity index is 3.08. The lowest BCUT2D eigenvalue weighted by Crippen LogP contribution is -2.33. The minimum atomic E-state index is -0.705. The molecule has 0 aliphatic heterocycles. The molecule has 0 amide bonds. The molecule has 1 aromatic carbocycles. The number of rotatable bonds is 8. The molecule has 0 fully saturated rings. The highest BCUT2D eigenvalue weighted by molar-refractivity contribution is 9.10. The molecule has 112 valence electrons. The number of carboxylic acids is 1. The molecule has 0 saturated heterocycles. The van der Waals surface area contributed by atoms with Crippen LogP contribution in [0.1, 0.15) is 45.1 Å². The van der Waals surface area contributed by atoms with Crippen LogP contribution >= 0.6 is 15.9 Å². The van der Waals surface area contributed by atoms with Crippen molar-refractivity contribution in [2.24, 2.45) is 5.41 Å². The van der Waals surface area contributed by atoms with Crippen LogP contribution in [0, 0.1) is 5.41 Å². The molecule has 1 atom stereocenters. The molecule has 0 bridgehead atoms. The number of unbranched alkanes of at least 4 members (excludes halogenated alkanes) is 1. The third-order valence-corrected chi connectivity index (χ3v) is 4.69. The zero-order valence-corrected chi connectivity index (χ0v) is 14.0. The molecule has 0 spiro atoms. The van der Waals surface area contributed by atoms with E-state index in [9.17, 15) is 9.90 Å². The summed E-state index contributed by atoms with van der Waals surface area (Å²) in [5.41, 5.74) is 0.301. The number of halogens is 1. The van der Waals surface area contributed by atoms with Crippen molar-refractivity contribution in [2.45, 2.75) is 46.0 Å². The van der Waals surface area contributed by atoms with Gasteiger partial charge in [0.1, 0.15) is 5.75 Å². The molecule has 20 heavy (non-hydrogen) atoms. The van der Waals surface area contributed by atoms with E-state index in [4.69, 9.17) is 4.74 Å². The van der Waals surface area contributed by atoms with E-state index in [1.165, 1.54) is 0 Å². The van der Waals surface area contributed by atoms with Crippen molar-refractivity contribution in [3.8, 4) is 5.75 Å². The Labute approximate surface area is 129 Å². The smallest absolute Gasteiger partial charge is 0.309 e. The van der Waals surface area contributed by atoms with Crippen LogP contribution in [-0.4, -0.2) is 18.2 Å². The van der Waals surface area contributed by atoms with Crippen molar-refractivity contribution in [2.75, 3.05) is 7.11 Å². The van der Waals surface area contributed by atoms with Gasteiger partial charge in [-0.15, -0.1) is 0 Å². The van der Waals surface area contributed by atoms with Crippen LogP contribution in [0.15, 0.2) is 22.7 Å². The molecule has 1 unspecified atom stereocenters. The minimum Gasteiger partial charge on any atom is -0.497 e. The molecular weight excluding hydrogens is 320 g/mol. The molecule has 3 nitrogen and oxygen atoms in total. The van der Waals surface area contributed by atoms with Gasteiger partial charge >= 0.3 is 5.97 Å². The summed E-state index contributed by atoms with van der Waals surface area (Å²) in [6, 6.07) is 5.70. The van der Waals surface area contributed by atoms with E-state index in [0.717, 1.165) is 28.6 Å². The standard InChI is InChI=1S/C16H23BrO3/c1-4-6-9-16(5-2,15(18)19)11-12-10-13(20-3)7-8-14(12)17/h7-8,10H,4-6,9,11H2,1-3H3,(H,18,19). The fourth-order valence-electron chi connectivity index (χ4n) is 2.42. The van der Waals surface area contributed by atoms with Gasteiger partial charge in [0, 0.05) is 4.47 Å². The molecule has 0 heterocycles. The van der Waals surface area contributed by atoms with Gasteiger partial charge in [-0.1, -0.05) is 42.6 Å². The molecule has 1 aromatic rings. The van der Waals surface area contributed by atoms with Gasteiger partial charge in [0.25, 0.3) is 0 Å². The zero-order valence-electron chi connectivity index (χ0n) is 12.4. The highest BCUT2D eigenvalue weighted by atomic mass is 79.9. The number of carboxylic acid groups (broad SMARTS) is 1. The van der Waals surface area contributed by atoms with Gasteiger partial charge in [0.2, 0.25) is 0 Å². The Morgan fingerprint density at radius 1 is 1.40 bits per heavy atom. The SMILES string of the molecule is CCCCC(CC)(Cc1cc(OC)ccc1Br)C(=O)O. The van der Waals surface area contributed by atoms with Crippen LogP contribution in [0.3, 0.4) is 0 Å². The molecule has 1 N–H and O–H groups in total. The summed E-state index contributed by atoms with van der Waals surface area (Å²) in [4.78, 5) is 11.8. The fourth-order valence-corrected chi connectivity index (χ4v) is 2.80. The average molecular weight is 343 g/mol. The molecule has 0 aromatic heterocycles. The van der Waals surface area contributed by atoms with Gasteiger partial charge in [0.15, 0.2) is 0 Å². The fraction of sp³-hybridized carbons (Fsp3) is 0.562. The number of hydrogen-bond donors (Lipinski definition) is 1. The molecule has 0 radical (unpaired) electrons. The van der Waals surface area contributed by atoms with E-state index in [1.54, 1.807) is 7.11 Å². The van der Waals surface area contributed by atoms with Gasteiger partial charge in [-0.2, -0.15) is 0 Å².